The van der Waals surface area contributed by atoms with Crippen LogP contribution in [0.5, 0.6) is 0 Å². The van der Waals surface area contributed by atoms with Gasteiger partial charge >= 0.3 is 0 Å². The third-order valence-corrected chi connectivity index (χ3v) is 0.469. The highest BCUT2D eigenvalue weighted by atomic mass is 16.1. The van der Waals surface area contributed by atoms with Crippen LogP contribution in [0.3, 0.4) is 0 Å². The van der Waals surface area contributed by atoms with Crippen LogP contribution in [0.2, 0.25) is 0 Å². The van der Waals surface area contributed by atoms with Gasteiger partial charge in [-0.15, -0.1) is 0 Å². The van der Waals surface area contributed by atoms with Crippen LogP contribution in [-0.4, -0.2) is 6.29 Å². The van der Waals surface area contributed by atoms with Crippen LogP contribution in [0.1, 0.15) is 6.92 Å². The fourth-order valence-corrected chi connectivity index (χ4v) is 0.0680. The molecule has 0 heterocycles. The minimum atomic E-state index is 0.287. The van der Waals surface area contributed by atoms with Crippen molar-refractivity contribution in [1.82, 2.24) is 0 Å². The van der Waals surface area contributed by atoms with Crippen molar-refractivity contribution in [3.63, 3.8) is 0 Å². The zero-order chi connectivity index (χ0) is 4.99. The topological polar surface area (TPSA) is 43.1 Å². The van der Waals surface area contributed by atoms with Crippen molar-refractivity contribution in [3.8, 4) is 0 Å². The number of carbonyl (C=O) groups excluding carboxylic acids is 1. The van der Waals surface area contributed by atoms with Gasteiger partial charge in [0.1, 0.15) is 0 Å². The van der Waals surface area contributed by atoms with Crippen LogP contribution in [0.15, 0.2) is 11.8 Å². The molecule has 2 nitrogen and oxygen atoms in total. The van der Waals surface area contributed by atoms with Crippen molar-refractivity contribution in [2.75, 3.05) is 0 Å². The smallest absolute Gasteiger partial charge is 0.165 e. The zero-order valence-corrected chi connectivity index (χ0v) is 3.64. The fourth-order valence-electron chi connectivity index (χ4n) is 0.0680. The van der Waals surface area contributed by atoms with Gasteiger partial charge in [0, 0.05) is 0 Å². The summed E-state index contributed by atoms with van der Waals surface area (Å²) in [5.74, 6) is 0. The molecule has 34 valence electrons. The number of nitrogens with two attached hydrogens (primary N) is 1. The lowest BCUT2D eigenvalue weighted by Gasteiger charge is -1.75. The van der Waals surface area contributed by atoms with Crippen molar-refractivity contribution >= 4 is 6.29 Å². The first kappa shape index (κ1) is 5.21. The van der Waals surface area contributed by atoms with E-state index < -0.39 is 0 Å². The highest BCUT2D eigenvalue weighted by molar-refractivity contribution is 5.71. The molecule has 0 saturated carbocycles. The molecule has 0 saturated heterocycles. The minimum Gasteiger partial charge on any atom is -0.396 e. The molecule has 0 radical (unpaired) electrons. The van der Waals surface area contributed by atoms with E-state index >= 15 is 0 Å². The summed E-state index contributed by atoms with van der Waals surface area (Å²) in [5.41, 5.74) is 5.25. The van der Waals surface area contributed by atoms with Crippen LogP contribution in [-0.2, 0) is 4.79 Å². The number of aldehydes is 1. The van der Waals surface area contributed by atoms with Crippen LogP contribution >= 0.6 is 0 Å². The second kappa shape index (κ2) is 2.45. The molecule has 0 fully saturated rings. The molecular formula is C4H7NO. The van der Waals surface area contributed by atoms with E-state index in [4.69, 9.17) is 5.73 Å². The molecule has 0 aromatic carbocycles. The lowest BCUT2D eigenvalue weighted by molar-refractivity contribution is -0.104. The Kier molecular flexibility index (Phi) is 2.13. The molecular weight excluding hydrogens is 78.0 g/mol. The Morgan fingerprint density at radius 2 is 2.33 bits per heavy atom. The Morgan fingerprint density at radius 1 is 1.83 bits per heavy atom. The normalized spacial score (nSPS) is 11.2. The van der Waals surface area contributed by atoms with Gasteiger partial charge in [-0.3, -0.25) is 4.79 Å². The number of allylic oxidation sites excluding steroid dienone is 2. The van der Waals surface area contributed by atoms with Crippen molar-refractivity contribution in [1.29, 1.82) is 0 Å². The van der Waals surface area contributed by atoms with Crippen LogP contribution in [0, 0.1) is 0 Å². The number of hydrogen-bond donors (Lipinski definition) is 1. The molecule has 0 atom stereocenters. The van der Waals surface area contributed by atoms with Gasteiger partial charge in [-0.2, -0.15) is 0 Å². The van der Waals surface area contributed by atoms with Gasteiger partial charge in [0.25, 0.3) is 0 Å². The first-order valence-electron chi connectivity index (χ1n) is 1.68. The number of hydrogen-bond acceptors (Lipinski definition) is 2. The molecule has 0 bridgehead atoms. The summed E-state index contributed by atoms with van der Waals surface area (Å²) < 4.78 is 0. The quantitative estimate of drug-likeness (QED) is 0.361. The summed E-state index contributed by atoms with van der Waals surface area (Å²) in [6, 6.07) is 0. The molecule has 6 heavy (non-hydrogen) atoms. The summed E-state index contributed by atoms with van der Waals surface area (Å²) in [5, 5.41) is 0. The SMILES string of the molecule is C/C=C(/N)C=O. The maximum Gasteiger partial charge on any atom is 0.165 e. The molecule has 0 unspecified atom stereocenters. The monoisotopic (exact) mass is 85.1 g/mol. The van der Waals surface area contributed by atoms with Crippen LogP contribution < -0.4 is 5.73 Å². The van der Waals surface area contributed by atoms with E-state index in [1.165, 1.54) is 0 Å². The Labute approximate surface area is 36.6 Å². The van der Waals surface area contributed by atoms with Gasteiger partial charge in [0.15, 0.2) is 6.29 Å². The first-order valence-corrected chi connectivity index (χ1v) is 1.68. The van der Waals surface area contributed by atoms with Crippen molar-refractivity contribution in [3.05, 3.63) is 11.8 Å². The lowest BCUT2D eigenvalue weighted by atomic mass is 10.5. The maximum atomic E-state index is 9.54. The van der Waals surface area contributed by atoms with Crippen LogP contribution in [0.4, 0.5) is 0 Å². The molecule has 0 amide bonds. The molecule has 2 heteroatoms. The van der Waals surface area contributed by atoms with E-state index in [0.29, 0.717) is 6.29 Å². The van der Waals surface area contributed by atoms with Crippen molar-refractivity contribution in [2.24, 2.45) is 5.73 Å². The predicted molar refractivity (Wildman–Crippen MR) is 24.0 cm³/mol. The highest BCUT2D eigenvalue weighted by Crippen LogP contribution is 1.69. The molecule has 0 aliphatic carbocycles. The largest absolute Gasteiger partial charge is 0.396 e. The molecule has 0 spiro atoms. The average Bonchev–Trinajstić information content (AvgIpc) is 1.65. The summed E-state index contributed by atoms with van der Waals surface area (Å²) >= 11 is 0. The van der Waals surface area contributed by atoms with E-state index in [1.807, 2.05) is 0 Å². The highest BCUT2D eigenvalue weighted by Gasteiger charge is 1.72. The van der Waals surface area contributed by atoms with E-state index in [-0.39, 0.29) is 5.70 Å². The van der Waals surface area contributed by atoms with E-state index in [2.05, 4.69) is 0 Å². The molecule has 0 aromatic rings. The lowest BCUT2D eigenvalue weighted by Crippen LogP contribution is -1.95. The van der Waals surface area contributed by atoms with Gasteiger partial charge in [0.2, 0.25) is 0 Å². The Bertz CT molecular complexity index is 75.6. The van der Waals surface area contributed by atoms with E-state index in [1.54, 1.807) is 13.0 Å². The third kappa shape index (κ3) is 1.52. The van der Waals surface area contributed by atoms with Gasteiger partial charge in [-0.1, -0.05) is 6.08 Å². The molecule has 0 aromatic heterocycles. The molecule has 0 aliphatic heterocycles. The summed E-state index contributed by atoms with van der Waals surface area (Å²) in [6.45, 7) is 1.71. The minimum absolute atomic E-state index is 0.287. The third-order valence-electron chi connectivity index (χ3n) is 0.469. The van der Waals surface area contributed by atoms with Crippen molar-refractivity contribution in [2.45, 2.75) is 6.92 Å². The maximum absolute atomic E-state index is 9.54. The van der Waals surface area contributed by atoms with Gasteiger partial charge in [-0.05, 0) is 6.92 Å². The van der Waals surface area contributed by atoms with Gasteiger partial charge in [0.05, 0.1) is 5.70 Å². The Hall–Kier alpha value is -0.790. The van der Waals surface area contributed by atoms with Gasteiger partial charge in [-0.25, -0.2) is 0 Å². The Morgan fingerprint density at radius 3 is 2.33 bits per heavy atom. The van der Waals surface area contributed by atoms with Gasteiger partial charge < -0.3 is 5.73 Å². The van der Waals surface area contributed by atoms with Crippen molar-refractivity contribution < 1.29 is 4.79 Å². The molecule has 0 aliphatic rings. The molecule has 2 N–H and O–H groups in total. The van der Waals surface area contributed by atoms with Crippen LogP contribution in [0.25, 0.3) is 0 Å². The number of rotatable bonds is 1. The standard InChI is InChI=1S/C4H7NO/c1-2-4(5)3-6/h2-3H,5H2,1H3/b4-2+. The summed E-state index contributed by atoms with van der Waals surface area (Å²) in [7, 11) is 0. The second-order valence-electron chi connectivity index (χ2n) is 0.907. The average molecular weight is 85.1 g/mol. The number of carbonyl (C=O) groups is 1. The predicted octanol–water partition coefficient (Wildman–Crippen LogP) is 0.0478. The fraction of sp³-hybridized carbons (Fsp3) is 0.250. The zero-order valence-electron chi connectivity index (χ0n) is 3.64. The first-order chi connectivity index (χ1) is 2.81. The summed E-state index contributed by atoms with van der Waals surface area (Å²) in [6.07, 6.45) is 2.16. The Balaban J connectivity index is 3.50. The van der Waals surface area contributed by atoms with E-state index in [0.717, 1.165) is 0 Å². The second-order valence-corrected chi connectivity index (χ2v) is 0.907. The summed E-state index contributed by atoms with van der Waals surface area (Å²) in [4.78, 5) is 9.54. The van der Waals surface area contributed by atoms with E-state index in [9.17, 15) is 4.79 Å². The molecule has 0 rings (SSSR count).